The molecule has 34 heavy (non-hydrogen) atoms. The van der Waals surface area contributed by atoms with E-state index in [0.717, 1.165) is 40.1 Å². The molecule has 172 valence electrons. The number of aryl methyl sites for hydroxylation is 3. The van der Waals surface area contributed by atoms with Gasteiger partial charge in [-0.15, -0.1) is 0 Å². The third-order valence-corrected chi connectivity index (χ3v) is 6.72. The molecule has 0 unspecified atom stereocenters. The number of carbonyl (C=O) groups excluding carboxylic acids is 1. The predicted octanol–water partition coefficient (Wildman–Crippen LogP) is 5.89. The van der Waals surface area contributed by atoms with Crippen molar-refractivity contribution >= 4 is 45.7 Å². The smallest absolute Gasteiger partial charge is 0.283 e. The fourth-order valence-electron chi connectivity index (χ4n) is 4.37. The molecule has 1 N–H and O–H groups in total. The Kier molecular flexibility index (Phi) is 5.87. The van der Waals surface area contributed by atoms with Crippen LogP contribution in [0.5, 0.6) is 5.75 Å². The van der Waals surface area contributed by atoms with Gasteiger partial charge in [0.1, 0.15) is 11.6 Å². The molecule has 0 aliphatic carbocycles. The number of nitrogens with one attached hydrogen (secondary N) is 1. The summed E-state index contributed by atoms with van der Waals surface area (Å²) in [5.74, 6) is 0.697. The van der Waals surface area contributed by atoms with Crippen LogP contribution in [0, 0.1) is 19.3 Å². The van der Waals surface area contributed by atoms with E-state index in [1.54, 1.807) is 11.0 Å². The molecule has 0 saturated heterocycles. The number of carbonyl (C=O) groups is 1. The van der Waals surface area contributed by atoms with Crippen LogP contribution in [0.1, 0.15) is 30.0 Å². The number of fused-ring (bicyclic) bond motifs is 2. The molecule has 1 amide bonds. The highest BCUT2D eigenvalue weighted by Gasteiger charge is 2.33. The topological polar surface area (TPSA) is 70.7 Å². The van der Waals surface area contributed by atoms with Gasteiger partial charge < -0.3 is 9.30 Å². The fraction of sp³-hybridized carbons (Fsp3) is 0.222. The maximum absolute atomic E-state index is 12.7. The maximum atomic E-state index is 12.7. The minimum absolute atomic E-state index is 0.165. The number of aromatic nitrogens is 1. The highest BCUT2D eigenvalue weighted by molar-refractivity contribution is 8.17. The van der Waals surface area contributed by atoms with Crippen molar-refractivity contribution in [1.82, 2.24) is 9.47 Å². The van der Waals surface area contributed by atoms with E-state index >= 15 is 0 Å². The summed E-state index contributed by atoms with van der Waals surface area (Å²) in [6.07, 6.45) is 6.54. The second kappa shape index (κ2) is 8.99. The summed E-state index contributed by atoms with van der Waals surface area (Å²) >= 11 is 1.42. The van der Waals surface area contributed by atoms with Crippen molar-refractivity contribution in [3.63, 3.8) is 0 Å². The molecule has 0 radical (unpaired) electrons. The zero-order valence-electron chi connectivity index (χ0n) is 19.5. The second-order valence-electron chi connectivity index (χ2n) is 8.64. The number of aliphatic imine (C=N–C) groups is 1. The van der Waals surface area contributed by atoms with Gasteiger partial charge in [-0.2, -0.15) is 4.99 Å². The number of amidine groups is 2. The van der Waals surface area contributed by atoms with Gasteiger partial charge in [0.25, 0.3) is 5.91 Å². The van der Waals surface area contributed by atoms with Gasteiger partial charge in [0, 0.05) is 40.3 Å². The van der Waals surface area contributed by atoms with Gasteiger partial charge >= 0.3 is 0 Å². The summed E-state index contributed by atoms with van der Waals surface area (Å²) < 4.78 is 8.17. The number of benzene rings is 2. The van der Waals surface area contributed by atoms with Crippen LogP contribution in [0.25, 0.3) is 17.0 Å². The van der Waals surface area contributed by atoms with Crippen molar-refractivity contribution in [2.45, 2.75) is 33.7 Å². The van der Waals surface area contributed by atoms with E-state index in [1.807, 2.05) is 37.5 Å². The number of para-hydroxylation sites is 1. The van der Waals surface area contributed by atoms with Crippen LogP contribution in [0.15, 0.2) is 70.3 Å². The Bertz CT molecular complexity index is 1390. The zero-order chi connectivity index (χ0) is 23.8. The number of hydrogen-bond donors (Lipinski definition) is 1. The summed E-state index contributed by atoms with van der Waals surface area (Å²) in [5, 5.41) is 10.2. The zero-order valence-corrected chi connectivity index (χ0v) is 20.3. The van der Waals surface area contributed by atoms with E-state index in [9.17, 15) is 4.79 Å². The van der Waals surface area contributed by atoms with Crippen LogP contribution < -0.4 is 4.74 Å². The Labute approximate surface area is 203 Å². The minimum atomic E-state index is -0.370. The predicted molar refractivity (Wildman–Crippen MR) is 139 cm³/mol. The van der Waals surface area contributed by atoms with Crippen LogP contribution in [-0.4, -0.2) is 33.0 Å². The molecule has 1 aromatic heterocycles. The number of allylic oxidation sites excluding steroid dienone is 1. The third kappa shape index (κ3) is 4.31. The van der Waals surface area contributed by atoms with Crippen molar-refractivity contribution in [2.75, 3.05) is 6.61 Å². The Morgan fingerprint density at radius 3 is 2.68 bits per heavy atom. The molecule has 3 aromatic rings. The molecule has 0 fully saturated rings. The lowest BCUT2D eigenvalue weighted by atomic mass is 10.1. The first-order chi connectivity index (χ1) is 16.4. The highest BCUT2D eigenvalue weighted by Crippen LogP contribution is 2.33. The van der Waals surface area contributed by atoms with Gasteiger partial charge in [-0.25, -0.2) is 0 Å². The highest BCUT2D eigenvalue weighted by atomic mass is 32.2. The third-order valence-electron chi connectivity index (χ3n) is 5.82. The molecule has 5 rings (SSSR count). The Morgan fingerprint density at radius 1 is 1.12 bits per heavy atom. The van der Waals surface area contributed by atoms with Crippen molar-refractivity contribution in [2.24, 2.45) is 4.99 Å². The van der Waals surface area contributed by atoms with Crippen LogP contribution in [0.3, 0.4) is 0 Å². The second-order valence-corrected chi connectivity index (χ2v) is 9.85. The van der Waals surface area contributed by atoms with E-state index in [1.165, 1.54) is 22.9 Å². The quantitative estimate of drug-likeness (QED) is 0.360. The number of nitrogens with zero attached hydrogens (tertiary/aromatic N) is 3. The van der Waals surface area contributed by atoms with E-state index in [4.69, 9.17) is 10.1 Å². The summed E-state index contributed by atoms with van der Waals surface area (Å²) in [4.78, 5) is 19.6. The molecule has 2 aliphatic heterocycles. The summed E-state index contributed by atoms with van der Waals surface area (Å²) in [7, 11) is 0. The van der Waals surface area contributed by atoms with Gasteiger partial charge in [0.2, 0.25) is 0 Å². The molecule has 2 aromatic carbocycles. The average molecular weight is 471 g/mol. The molecular weight excluding hydrogens is 444 g/mol. The summed E-state index contributed by atoms with van der Waals surface area (Å²) in [6, 6.07) is 14.4. The SMILES string of the molecule is CC1=CN2C(=N)/C(=C/c3cn(CCCOc4cc(C)cc(C)c4)c4ccccc34)C(=O)N=C2S1. The lowest BCUT2D eigenvalue weighted by Gasteiger charge is -2.22. The van der Waals surface area contributed by atoms with Crippen molar-refractivity contribution in [3.8, 4) is 5.75 Å². The van der Waals surface area contributed by atoms with Gasteiger partial charge in [-0.3, -0.25) is 15.1 Å². The molecule has 0 saturated carbocycles. The van der Waals surface area contributed by atoms with Crippen molar-refractivity contribution in [1.29, 1.82) is 5.41 Å². The monoisotopic (exact) mass is 470 g/mol. The maximum Gasteiger partial charge on any atom is 0.283 e. The number of rotatable bonds is 6. The van der Waals surface area contributed by atoms with Crippen LogP contribution in [0.4, 0.5) is 0 Å². The Morgan fingerprint density at radius 2 is 1.88 bits per heavy atom. The van der Waals surface area contributed by atoms with Gasteiger partial charge in [-0.1, -0.05) is 36.0 Å². The van der Waals surface area contributed by atoms with Crippen LogP contribution >= 0.6 is 11.8 Å². The minimum Gasteiger partial charge on any atom is -0.494 e. The van der Waals surface area contributed by atoms with E-state index < -0.39 is 0 Å². The molecule has 2 aliphatic rings. The van der Waals surface area contributed by atoms with Crippen molar-refractivity contribution < 1.29 is 9.53 Å². The largest absolute Gasteiger partial charge is 0.494 e. The summed E-state index contributed by atoms with van der Waals surface area (Å²) in [6.45, 7) is 7.50. The first kappa shape index (κ1) is 22.2. The van der Waals surface area contributed by atoms with E-state index in [2.05, 4.69) is 47.7 Å². The summed E-state index contributed by atoms with van der Waals surface area (Å²) in [5.41, 5.74) is 4.69. The molecule has 6 nitrogen and oxygen atoms in total. The lowest BCUT2D eigenvalue weighted by Crippen LogP contribution is -2.35. The molecule has 0 spiro atoms. The number of amides is 1. The Balaban J connectivity index is 1.37. The Hall–Kier alpha value is -3.58. The molecular formula is C27H26N4O2S. The molecule has 0 bridgehead atoms. The van der Waals surface area contributed by atoms with Gasteiger partial charge in [0.15, 0.2) is 5.17 Å². The van der Waals surface area contributed by atoms with Gasteiger partial charge in [0.05, 0.1) is 12.2 Å². The fourth-order valence-corrected chi connectivity index (χ4v) is 5.19. The van der Waals surface area contributed by atoms with Gasteiger partial charge in [-0.05, 0) is 62.6 Å². The number of thioether (sulfide) groups is 1. The molecule has 3 heterocycles. The lowest BCUT2D eigenvalue weighted by molar-refractivity contribution is -0.114. The normalized spacial score (nSPS) is 16.8. The van der Waals surface area contributed by atoms with E-state index in [-0.39, 0.29) is 11.7 Å². The standard InChI is InChI=1S/C27H26N4O2S/c1-17-11-18(2)13-21(12-17)33-10-6-9-30-16-20(22-7-4-5-8-24(22)30)14-23-25(28)31-15-19(3)34-27(31)29-26(23)32/h4-5,7-8,11-16,28H,6,9-10H2,1-3H3/b23-14-,28-25?. The number of hydrogen-bond acceptors (Lipinski definition) is 4. The van der Waals surface area contributed by atoms with Crippen LogP contribution in [-0.2, 0) is 11.3 Å². The molecule has 0 atom stereocenters. The average Bonchev–Trinajstić information content (AvgIpc) is 3.33. The van der Waals surface area contributed by atoms with E-state index in [0.29, 0.717) is 17.3 Å². The molecule has 7 heteroatoms. The van der Waals surface area contributed by atoms with Crippen LogP contribution in [0.2, 0.25) is 0 Å². The first-order valence-corrected chi connectivity index (χ1v) is 12.1. The van der Waals surface area contributed by atoms with Crippen molar-refractivity contribution in [3.05, 3.63) is 82.0 Å². The number of ether oxygens (including phenoxy) is 1. The first-order valence-electron chi connectivity index (χ1n) is 11.3.